The van der Waals surface area contributed by atoms with Crippen molar-refractivity contribution in [1.82, 2.24) is 10.6 Å². The van der Waals surface area contributed by atoms with E-state index in [1.807, 2.05) is 6.92 Å². The summed E-state index contributed by atoms with van der Waals surface area (Å²) in [5, 5.41) is 6.16. The van der Waals surface area contributed by atoms with Gasteiger partial charge in [-0.1, -0.05) is 0 Å². The van der Waals surface area contributed by atoms with E-state index < -0.39 is 0 Å². The first kappa shape index (κ1) is 13.5. The predicted molar refractivity (Wildman–Crippen MR) is 64.3 cm³/mol. The Morgan fingerprint density at radius 3 is 3.06 bits per heavy atom. The molecular formula is C12H24N2O2. The number of rotatable bonds is 6. The maximum atomic E-state index is 11.7. The zero-order valence-corrected chi connectivity index (χ0v) is 10.4. The number of amides is 1. The van der Waals surface area contributed by atoms with Gasteiger partial charge in [-0.05, 0) is 45.1 Å². The average molecular weight is 228 g/mol. The summed E-state index contributed by atoms with van der Waals surface area (Å²) in [4.78, 5) is 11.7. The number of carbonyl (C=O) groups excluding carboxylic acids is 1. The van der Waals surface area contributed by atoms with Crippen molar-refractivity contribution in [2.75, 3.05) is 26.8 Å². The summed E-state index contributed by atoms with van der Waals surface area (Å²) >= 11 is 0. The van der Waals surface area contributed by atoms with Crippen LogP contribution in [0.2, 0.25) is 0 Å². The van der Waals surface area contributed by atoms with E-state index in [1.165, 1.54) is 12.8 Å². The lowest BCUT2D eigenvalue weighted by molar-refractivity contribution is -0.124. The zero-order chi connectivity index (χ0) is 11.8. The third-order valence-corrected chi connectivity index (χ3v) is 3.14. The molecule has 0 aliphatic carbocycles. The van der Waals surface area contributed by atoms with Crippen LogP contribution in [0, 0.1) is 5.92 Å². The lowest BCUT2D eigenvalue weighted by Crippen LogP contribution is -2.48. The maximum Gasteiger partial charge on any atom is 0.237 e. The molecule has 4 heteroatoms. The van der Waals surface area contributed by atoms with E-state index >= 15 is 0 Å². The van der Waals surface area contributed by atoms with Crippen LogP contribution in [0.5, 0.6) is 0 Å². The Morgan fingerprint density at radius 2 is 2.38 bits per heavy atom. The summed E-state index contributed by atoms with van der Waals surface area (Å²) in [7, 11) is 1.74. The Kier molecular flexibility index (Phi) is 6.42. The van der Waals surface area contributed by atoms with Crippen LogP contribution in [-0.2, 0) is 9.53 Å². The lowest BCUT2D eigenvalue weighted by Gasteiger charge is -2.29. The Morgan fingerprint density at radius 1 is 1.56 bits per heavy atom. The fourth-order valence-electron chi connectivity index (χ4n) is 2.27. The minimum atomic E-state index is 0.0150. The van der Waals surface area contributed by atoms with E-state index in [0.717, 1.165) is 26.0 Å². The minimum absolute atomic E-state index is 0.0150. The minimum Gasteiger partial charge on any atom is -0.385 e. The van der Waals surface area contributed by atoms with Crippen LogP contribution in [-0.4, -0.2) is 38.8 Å². The van der Waals surface area contributed by atoms with Gasteiger partial charge in [0.1, 0.15) is 0 Å². The molecule has 0 saturated carbocycles. The van der Waals surface area contributed by atoms with Crippen molar-refractivity contribution in [2.45, 2.75) is 38.6 Å². The van der Waals surface area contributed by atoms with Gasteiger partial charge in [0.25, 0.3) is 0 Å². The number of hydrogen-bond donors (Lipinski definition) is 2. The summed E-state index contributed by atoms with van der Waals surface area (Å²) < 4.78 is 5.05. The highest BCUT2D eigenvalue weighted by Crippen LogP contribution is 2.21. The van der Waals surface area contributed by atoms with Crippen molar-refractivity contribution in [3.8, 4) is 0 Å². The van der Waals surface area contributed by atoms with Gasteiger partial charge in [0.05, 0.1) is 6.04 Å². The molecule has 1 saturated heterocycles. The van der Waals surface area contributed by atoms with Gasteiger partial charge in [-0.2, -0.15) is 0 Å². The van der Waals surface area contributed by atoms with Gasteiger partial charge < -0.3 is 15.4 Å². The summed E-state index contributed by atoms with van der Waals surface area (Å²) in [6, 6.07) is 0.0150. The van der Waals surface area contributed by atoms with Gasteiger partial charge in [0, 0.05) is 20.3 Å². The second kappa shape index (κ2) is 7.63. The second-order valence-electron chi connectivity index (χ2n) is 4.43. The third kappa shape index (κ3) is 4.49. The van der Waals surface area contributed by atoms with Gasteiger partial charge >= 0.3 is 0 Å². The largest absolute Gasteiger partial charge is 0.385 e. The van der Waals surface area contributed by atoms with E-state index in [-0.39, 0.29) is 11.9 Å². The normalized spacial score (nSPS) is 25.4. The Hall–Kier alpha value is -0.610. The van der Waals surface area contributed by atoms with Crippen molar-refractivity contribution in [3.63, 3.8) is 0 Å². The molecule has 0 radical (unpaired) electrons. The first-order chi connectivity index (χ1) is 7.77. The van der Waals surface area contributed by atoms with Crippen LogP contribution in [0.1, 0.15) is 32.6 Å². The summed E-state index contributed by atoms with van der Waals surface area (Å²) in [5.41, 5.74) is 0. The molecule has 1 fully saturated rings. The van der Waals surface area contributed by atoms with Gasteiger partial charge in [0.2, 0.25) is 5.91 Å². The molecule has 94 valence electrons. The molecule has 1 heterocycles. The van der Waals surface area contributed by atoms with Gasteiger partial charge in [-0.15, -0.1) is 0 Å². The lowest BCUT2D eigenvalue weighted by atomic mass is 9.88. The van der Waals surface area contributed by atoms with Crippen molar-refractivity contribution >= 4 is 5.91 Å². The number of carbonyl (C=O) groups is 1. The first-order valence-electron chi connectivity index (χ1n) is 6.28. The quantitative estimate of drug-likeness (QED) is 0.665. The number of hydrogen-bond acceptors (Lipinski definition) is 3. The summed E-state index contributed by atoms with van der Waals surface area (Å²) in [6.45, 7) is 4.46. The van der Waals surface area contributed by atoms with E-state index in [2.05, 4.69) is 10.6 Å². The third-order valence-electron chi connectivity index (χ3n) is 3.14. The van der Waals surface area contributed by atoms with Crippen LogP contribution in [0.3, 0.4) is 0 Å². The number of piperidine rings is 1. The van der Waals surface area contributed by atoms with Crippen LogP contribution in [0.15, 0.2) is 0 Å². The van der Waals surface area contributed by atoms with Crippen LogP contribution in [0.4, 0.5) is 0 Å². The molecular weight excluding hydrogens is 204 g/mol. The Bertz CT molecular complexity index is 209. The van der Waals surface area contributed by atoms with Crippen molar-refractivity contribution in [3.05, 3.63) is 0 Å². The molecule has 0 spiro atoms. The number of nitrogens with one attached hydrogen (secondary N) is 2. The van der Waals surface area contributed by atoms with E-state index in [9.17, 15) is 4.79 Å². The molecule has 0 aromatic carbocycles. The van der Waals surface area contributed by atoms with Gasteiger partial charge in [-0.25, -0.2) is 0 Å². The van der Waals surface area contributed by atoms with Crippen molar-refractivity contribution in [2.24, 2.45) is 5.92 Å². The molecule has 1 aliphatic rings. The molecule has 0 aromatic heterocycles. The molecule has 0 bridgehead atoms. The topological polar surface area (TPSA) is 50.4 Å². The van der Waals surface area contributed by atoms with E-state index in [1.54, 1.807) is 7.11 Å². The molecule has 1 amide bonds. The highest BCUT2D eigenvalue weighted by Gasteiger charge is 2.25. The van der Waals surface area contributed by atoms with Crippen molar-refractivity contribution < 1.29 is 9.53 Å². The fraction of sp³-hybridized carbons (Fsp3) is 0.917. The molecule has 1 rings (SSSR count). The molecule has 2 unspecified atom stereocenters. The van der Waals surface area contributed by atoms with Gasteiger partial charge in [-0.3, -0.25) is 4.79 Å². The Balaban J connectivity index is 2.26. The fourth-order valence-corrected chi connectivity index (χ4v) is 2.27. The van der Waals surface area contributed by atoms with Gasteiger partial charge in [0.15, 0.2) is 0 Å². The number of likely N-dealkylation sites (N-methyl/N-ethyl adjacent to an activating group) is 1. The zero-order valence-electron chi connectivity index (χ0n) is 10.4. The van der Waals surface area contributed by atoms with E-state index in [0.29, 0.717) is 12.5 Å². The predicted octanol–water partition coefficient (Wildman–Crippen LogP) is 0.917. The molecule has 2 atom stereocenters. The Labute approximate surface area is 98.1 Å². The standard InChI is InChI=1S/C12H24N2O2/c1-3-13-12(15)11-9-10(6-7-14-11)5-4-8-16-2/h10-11,14H,3-9H2,1-2H3,(H,13,15). The van der Waals surface area contributed by atoms with E-state index in [4.69, 9.17) is 4.74 Å². The molecule has 0 aromatic rings. The highest BCUT2D eigenvalue weighted by molar-refractivity contribution is 5.81. The maximum absolute atomic E-state index is 11.7. The smallest absolute Gasteiger partial charge is 0.237 e. The van der Waals surface area contributed by atoms with Crippen LogP contribution in [0.25, 0.3) is 0 Å². The average Bonchev–Trinajstić information content (AvgIpc) is 2.30. The first-order valence-corrected chi connectivity index (χ1v) is 6.28. The highest BCUT2D eigenvalue weighted by atomic mass is 16.5. The second-order valence-corrected chi connectivity index (χ2v) is 4.43. The summed E-state index contributed by atoms with van der Waals surface area (Å²) in [5.74, 6) is 0.822. The molecule has 1 aliphatic heterocycles. The molecule has 4 nitrogen and oxygen atoms in total. The number of methoxy groups -OCH3 is 1. The van der Waals surface area contributed by atoms with Crippen molar-refractivity contribution in [1.29, 1.82) is 0 Å². The molecule has 2 N–H and O–H groups in total. The molecule has 16 heavy (non-hydrogen) atoms. The van der Waals surface area contributed by atoms with Crippen LogP contribution >= 0.6 is 0 Å². The monoisotopic (exact) mass is 228 g/mol. The SMILES string of the molecule is CCNC(=O)C1CC(CCCOC)CCN1. The van der Waals surface area contributed by atoms with Crippen LogP contribution < -0.4 is 10.6 Å². The summed E-state index contributed by atoms with van der Waals surface area (Å²) in [6.07, 6.45) is 4.42. The number of ether oxygens (including phenoxy) is 1.